The Morgan fingerprint density at radius 3 is 2.09 bits per heavy atom. The molecule has 13 heteroatoms. The summed E-state index contributed by atoms with van der Waals surface area (Å²) in [6.45, 7) is 7.48. The highest BCUT2D eigenvalue weighted by atomic mass is 17.1. The topological polar surface area (TPSA) is 162 Å². The molecule has 13 nitrogen and oxygen atoms in total. The summed E-state index contributed by atoms with van der Waals surface area (Å²) in [5.41, 5.74) is 0.207. The molecule has 33 heavy (non-hydrogen) atoms. The van der Waals surface area contributed by atoms with Gasteiger partial charge in [0, 0.05) is 34.8 Å². The monoisotopic (exact) mass is 478 g/mol. The highest BCUT2D eigenvalue weighted by Gasteiger charge is 2.46. The Kier molecular flexibility index (Phi) is 11.9. The lowest BCUT2D eigenvalue weighted by molar-refractivity contribution is -0.274. The first kappa shape index (κ1) is 28.5. The van der Waals surface area contributed by atoms with E-state index in [-0.39, 0.29) is 18.8 Å². The van der Waals surface area contributed by atoms with Crippen molar-refractivity contribution in [2.75, 3.05) is 26.9 Å². The van der Waals surface area contributed by atoms with Crippen LogP contribution in [0.5, 0.6) is 0 Å². The van der Waals surface area contributed by atoms with Crippen molar-refractivity contribution in [1.82, 2.24) is 0 Å². The SMILES string of the molecule is C=C1[C@@H](OC(C)=O)[C@@H](OC(C)=O)[C@H](OC)O[C@@H]1CO[C@H](COC(C)=O)[C@H](COO)OC(C)=O. The van der Waals surface area contributed by atoms with Crippen LogP contribution in [0.3, 0.4) is 0 Å². The fourth-order valence-corrected chi connectivity index (χ4v) is 3.01. The van der Waals surface area contributed by atoms with Crippen molar-refractivity contribution in [2.45, 2.75) is 64.5 Å². The maximum atomic E-state index is 11.6. The Labute approximate surface area is 190 Å². The van der Waals surface area contributed by atoms with Crippen molar-refractivity contribution in [3.05, 3.63) is 12.2 Å². The van der Waals surface area contributed by atoms with E-state index in [9.17, 15) is 19.2 Å². The molecule has 1 aliphatic rings. The average molecular weight is 478 g/mol. The normalized spacial score (nSPS) is 24.4. The van der Waals surface area contributed by atoms with Crippen LogP contribution in [-0.4, -0.2) is 92.9 Å². The second-order valence-electron chi connectivity index (χ2n) is 7.03. The molecule has 0 radical (unpaired) electrons. The van der Waals surface area contributed by atoms with Gasteiger partial charge in [-0.3, -0.25) is 24.4 Å². The van der Waals surface area contributed by atoms with Gasteiger partial charge < -0.3 is 33.2 Å². The summed E-state index contributed by atoms with van der Waals surface area (Å²) in [7, 11) is 1.30. The van der Waals surface area contributed by atoms with Crippen molar-refractivity contribution in [3.8, 4) is 0 Å². The van der Waals surface area contributed by atoms with Crippen LogP contribution in [0.4, 0.5) is 0 Å². The number of hydrogen-bond donors (Lipinski definition) is 1. The van der Waals surface area contributed by atoms with Crippen LogP contribution in [-0.2, 0) is 57.2 Å². The summed E-state index contributed by atoms with van der Waals surface area (Å²) >= 11 is 0. The minimum Gasteiger partial charge on any atom is -0.463 e. The molecule has 6 atom stereocenters. The average Bonchev–Trinajstić information content (AvgIpc) is 2.70. The van der Waals surface area contributed by atoms with Gasteiger partial charge in [0.15, 0.2) is 24.6 Å². The van der Waals surface area contributed by atoms with Crippen LogP contribution in [0.2, 0.25) is 0 Å². The molecule has 1 fully saturated rings. The lowest BCUT2D eigenvalue weighted by atomic mass is 9.96. The van der Waals surface area contributed by atoms with E-state index in [0.717, 1.165) is 6.92 Å². The first-order chi connectivity index (χ1) is 15.5. The number of carbonyl (C=O) groups is 4. The molecule has 0 aromatic rings. The third kappa shape index (κ3) is 9.43. The first-order valence-electron chi connectivity index (χ1n) is 9.90. The lowest BCUT2D eigenvalue weighted by Gasteiger charge is -2.41. The van der Waals surface area contributed by atoms with Crippen LogP contribution in [0, 0.1) is 0 Å². The zero-order valence-corrected chi connectivity index (χ0v) is 19.1. The molecule has 0 aromatic carbocycles. The van der Waals surface area contributed by atoms with E-state index in [2.05, 4.69) is 11.5 Å². The number of ether oxygens (including phenoxy) is 7. The zero-order chi connectivity index (χ0) is 25.1. The van der Waals surface area contributed by atoms with Crippen molar-refractivity contribution in [3.63, 3.8) is 0 Å². The van der Waals surface area contributed by atoms with Crippen LogP contribution < -0.4 is 0 Å². The van der Waals surface area contributed by atoms with Gasteiger partial charge in [-0.1, -0.05) is 6.58 Å². The Hall–Kier alpha value is -2.58. The molecular formula is C20H30O13. The van der Waals surface area contributed by atoms with Gasteiger partial charge in [-0.15, -0.1) is 0 Å². The molecule has 188 valence electrons. The molecule has 0 bridgehead atoms. The minimum atomic E-state index is -1.14. The zero-order valence-electron chi connectivity index (χ0n) is 19.1. The molecule has 0 aromatic heterocycles. The summed E-state index contributed by atoms with van der Waals surface area (Å²) < 4.78 is 37.3. The van der Waals surface area contributed by atoms with Gasteiger partial charge in [0.2, 0.25) is 0 Å². The molecule has 0 aliphatic carbocycles. The Bertz CT molecular complexity index is 706. The molecule has 1 N–H and O–H groups in total. The molecule has 0 unspecified atom stereocenters. The van der Waals surface area contributed by atoms with Crippen LogP contribution in [0.15, 0.2) is 12.2 Å². The summed E-state index contributed by atoms with van der Waals surface area (Å²) in [4.78, 5) is 49.9. The quantitative estimate of drug-likeness (QED) is 0.133. The second-order valence-corrected chi connectivity index (χ2v) is 7.03. The van der Waals surface area contributed by atoms with E-state index in [1.807, 2.05) is 0 Å². The van der Waals surface area contributed by atoms with E-state index < -0.39 is 67.3 Å². The Balaban J connectivity index is 3.06. The molecule has 0 amide bonds. The molecule has 0 spiro atoms. The fraction of sp³-hybridized carbons (Fsp3) is 0.700. The number of esters is 4. The predicted octanol–water partition coefficient (Wildman–Crippen LogP) is 0.147. The fourth-order valence-electron chi connectivity index (χ4n) is 3.01. The maximum absolute atomic E-state index is 11.6. The van der Waals surface area contributed by atoms with Crippen molar-refractivity contribution >= 4 is 23.9 Å². The van der Waals surface area contributed by atoms with Crippen LogP contribution in [0.25, 0.3) is 0 Å². The third-order valence-electron chi connectivity index (χ3n) is 4.35. The van der Waals surface area contributed by atoms with E-state index in [1.54, 1.807) is 0 Å². The van der Waals surface area contributed by atoms with E-state index in [4.69, 9.17) is 38.4 Å². The first-order valence-corrected chi connectivity index (χ1v) is 9.90. The lowest BCUT2D eigenvalue weighted by Crippen LogP contribution is -2.55. The largest absolute Gasteiger partial charge is 0.463 e. The van der Waals surface area contributed by atoms with E-state index >= 15 is 0 Å². The summed E-state index contributed by atoms with van der Waals surface area (Å²) in [6, 6.07) is 0. The number of carbonyl (C=O) groups excluding carboxylic acids is 4. The van der Waals surface area contributed by atoms with E-state index in [0.29, 0.717) is 0 Å². The van der Waals surface area contributed by atoms with E-state index in [1.165, 1.54) is 27.9 Å². The van der Waals surface area contributed by atoms with Gasteiger partial charge >= 0.3 is 23.9 Å². The van der Waals surface area contributed by atoms with Gasteiger partial charge in [0.05, 0.1) is 6.61 Å². The third-order valence-corrected chi connectivity index (χ3v) is 4.35. The molecule has 0 saturated carbocycles. The van der Waals surface area contributed by atoms with Crippen LogP contribution >= 0.6 is 0 Å². The predicted molar refractivity (Wildman–Crippen MR) is 106 cm³/mol. The highest BCUT2D eigenvalue weighted by Crippen LogP contribution is 2.30. The van der Waals surface area contributed by atoms with Crippen LogP contribution in [0.1, 0.15) is 27.7 Å². The maximum Gasteiger partial charge on any atom is 0.303 e. The Morgan fingerprint density at radius 2 is 1.61 bits per heavy atom. The van der Waals surface area contributed by atoms with Crippen molar-refractivity contribution < 1.29 is 62.5 Å². The molecule has 1 rings (SSSR count). The van der Waals surface area contributed by atoms with Gasteiger partial charge in [-0.25, -0.2) is 4.89 Å². The van der Waals surface area contributed by atoms with Crippen molar-refractivity contribution in [1.29, 1.82) is 0 Å². The van der Waals surface area contributed by atoms with Gasteiger partial charge in [-0.2, -0.15) is 0 Å². The number of hydrogen-bond acceptors (Lipinski definition) is 13. The smallest absolute Gasteiger partial charge is 0.303 e. The Morgan fingerprint density at radius 1 is 0.970 bits per heavy atom. The van der Waals surface area contributed by atoms with Gasteiger partial charge in [0.25, 0.3) is 0 Å². The number of methoxy groups -OCH3 is 1. The summed E-state index contributed by atoms with van der Waals surface area (Å²) in [6.07, 6.45) is -6.49. The molecular weight excluding hydrogens is 448 g/mol. The highest BCUT2D eigenvalue weighted by molar-refractivity contribution is 5.68. The van der Waals surface area contributed by atoms with Gasteiger partial charge in [0.1, 0.15) is 25.4 Å². The summed E-state index contributed by atoms with van der Waals surface area (Å²) in [5.74, 6) is -2.62. The molecule has 1 heterocycles. The molecule has 1 saturated heterocycles. The van der Waals surface area contributed by atoms with Crippen molar-refractivity contribution in [2.24, 2.45) is 0 Å². The number of rotatable bonds is 12. The minimum absolute atomic E-state index is 0.207. The standard InChI is InChI=1S/C20H30O13/c1-10-15(33-20(26-6)19(32-14(5)24)18(10)31-13(4)23)7-28-16(8-27-11(2)21)17(9-29-25)30-12(3)22/h15-20,25H,1,7-9H2,2-6H3/t15-,16-,17+,18-,19-,20-/m1/s1. The molecule has 1 aliphatic heterocycles. The van der Waals surface area contributed by atoms with Gasteiger partial charge in [-0.05, 0) is 5.57 Å². The second kappa shape index (κ2) is 13.9. The summed E-state index contributed by atoms with van der Waals surface area (Å²) in [5, 5.41) is 8.82.